The summed E-state index contributed by atoms with van der Waals surface area (Å²) < 4.78 is 16.7. The van der Waals surface area contributed by atoms with Gasteiger partial charge >= 0.3 is 0 Å². The summed E-state index contributed by atoms with van der Waals surface area (Å²) in [6.45, 7) is 6.93. The second-order valence-corrected chi connectivity index (χ2v) is 10.2. The molecule has 13 heteroatoms. The minimum Gasteiger partial charge on any atom is -0.450 e. The molecule has 1 saturated heterocycles. The van der Waals surface area contributed by atoms with Gasteiger partial charge in [-0.3, -0.25) is 9.67 Å². The van der Waals surface area contributed by atoms with E-state index in [2.05, 4.69) is 52.2 Å². The van der Waals surface area contributed by atoms with Crippen LogP contribution in [-0.4, -0.2) is 63.3 Å². The third-order valence-corrected chi connectivity index (χ3v) is 6.56. The molecule has 0 spiro atoms. The highest BCUT2D eigenvalue weighted by Crippen LogP contribution is 2.34. The number of pyridine rings is 1. The minimum atomic E-state index is -0.635. The van der Waals surface area contributed by atoms with Crippen LogP contribution in [0.1, 0.15) is 38.1 Å². The van der Waals surface area contributed by atoms with E-state index in [1.165, 1.54) is 6.20 Å². The van der Waals surface area contributed by atoms with E-state index in [0.717, 1.165) is 5.69 Å². The molecule has 6 rings (SSSR count). The van der Waals surface area contributed by atoms with Gasteiger partial charge < -0.3 is 24.5 Å². The van der Waals surface area contributed by atoms with Crippen molar-refractivity contribution in [3.63, 3.8) is 0 Å². The number of aromatic nitrogens is 8. The lowest BCUT2D eigenvalue weighted by Crippen LogP contribution is -2.28. The molecule has 2 unspecified atom stereocenters. The number of hydrogen-bond donors (Lipinski definition) is 2. The van der Waals surface area contributed by atoms with Gasteiger partial charge in [-0.1, -0.05) is 20.8 Å². The Morgan fingerprint density at radius 1 is 1.21 bits per heavy atom. The van der Waals surface area contributed by atoms with Crippen molar-refractivity contribution in [2.45, 2.75) is 38.3 Å². The molecule has 1 aliphatic heterocycles. The summed E-state index contributed by atoms with van der Waals surface area (Å²) in [5.41, 5.74) is 2.56. The summed E-state index contributed by atoms with van der Waals surface area (Å²) in [5.74, 6) is 1.74. The molecule has 0 bridgehead atoms. The molecule has 194 valence electrons. The Labute approximate surface area is 217 Å². The first-order valence-electron chi connectivity index (χ1n) is 12.1. The Balaban J connectivity index is 1.37. The lowest BCUT2D eigenvalue weighted by atomic mass is 9.91. The van der Waals surface area contributed by atoms with Crippen LogP contribution in [0.25, 0.3) is 16.7 Å². The molecule has 0 amide bonds. The van der Waals surface area contributed by atoms with Crippen LogP contribution in [-0.2, 0) is 17.2 Å². The number of imidazole rings is 1. The van der Waals surface area contributed by atoms with Crippen LogP contribution < -0.4 is 10.1 Å². The fraction of sp³-hybridized carbons (Fsp3) is 0.360. The molecule has 0 aromatic carbocycles. The van der Waals surface area contributed by atoms with Crippen molar-refractivity contribution in [1.82, 2.24) is 38.9 Å². The smallest absolute Gasteiger partial charge is 0.210 e. The SMILES string of the molecule is Cn1c(Nc2cc(C(C)(C)C)n(C3COCC3O)n2)nc2ncc(Oc3cnn4ccncc34)c(C#N)c21. The topological polar surface area (TPSA) is 153 Å². The predicted octanol–water partition coefficient (Wildman–Crippen LogP) is 2.84. The van der Waals surface area contributed by atoms with Crippen LogP contribution in [0.5, 0.6) is 11.5 Å². The van der Waals surface area contributed by atoms with Crippen molar-refractivity contribution in [2.75, 3.05) is 18.5 Å². The zero-order chi connectivity index (χ0) is 26.6. The van der Waals surface area contributed by atoms with Gasteiger partial charge in [-0.15, -0.1) is 0 Å². The second-order valence-electron chi connectivity index (χ2n) is 10.2. The van der Waals surface area contributed by atoms with E-state index in [9.17, 15) is 10.4 Å². The molecule has 0 aliphatic carbocycles. The van der Waals surface area contributed by atoms with Crippen LogP contribution in [0.3, 0.4) is 0 Å². The minimum absolute atomic E-state index is 0.225. The quantitative estimate of drug-likeness (QED) is 0.358. The fourth-order valence-corrected chi connectivity index (χ4v) is 4.61. The Kier molecular flexibility index (Phi) is 5.51. The molecule has 5 aromatic heterocycles. The number of fused-ring (bicyclic) bond motifs is 2. The lowest BCUT2D eigenvalue weighted by molar-refractivity contribution is 0.117. The van der Waals surface area contributed by atoms with E-state index in [1.54, 1.807) is 40.9 Å². The third kappa shape index (κ3) is 3.90. The number of nitriles is 1. The van der Waals surface area contributed by atoms with Gasteiger partial charge in [0.25, 0.3) is 0 Å². The first-order chi connectivity index (χ1) is 18.2. The fourth-order valence-electron chi connectivity index (χ4n) is 4.61. The third-order valence-electron chi connectivity index (χ3n) is 6.56. The number of hydrogen-bond acceptors (Lipinski definition) is 10. The number of nitrogens with one attached hydrogen (secondary N) is 1. The van der Waals surface area contributed by atoms with Gasteiger partial charge in [0.15, 0.2) is 23.0 Å². The van der Waals surface area contributed by atoms with Crippen molar-refractivity contribution in [1.29, 1.82) is 5.26 Å². The van der Waals surface area contributed by atoms with Crippen LogP contribution in [0.15, 0.2) is 37.1 Å². The van der Waals surface area contributed by atoms with Gasteiger partial charge in [0.2, 0.25) is 5.95 Å². The first-order valence-corrected chi connectivity index (χ1v) is 12.1. The maximum absolute atomic E-state index is 10.4. The Hall–Kier alpha value is -4.54. The highest BCUT2D eigenvalue weighted by molar-refractivity contribution is 5.84. The molecule has 0 saturated carbocycles. The average molecular weight is 515 g/mol. The van der Waals surface area contributed by atoms with E-state index >= 15 is 0 Å². The van der Waals surface area contributed by atoms with E-state index < -0.39 is 6.10 Å². The molecular formula is C25H26N10O3. The number of anilines is 2. The number of rotatable bonds is 5. The first kappa shape index (κ1) is 23.8. The zero-order valence-corrected chi connectivity index (χ0v) is 21.3. The number of aliphatic hydroxyl groups excluding tert-OH is 1. The van der Waals surface area contributed by atoms with Crippen LogP contribution in [0.4, 0.5) is 11.8 Å². The summed E-state index contributed by atoms with van der Waals surface area (Å²) in [4.78, 5) is 13.2. The van der Waals surface area contributed by atoms with Crippen molar-refractivity contribution >= 4 is 28.4 Å². The van der Waals surface area contributed by atoms with Crippen LogP contribution in [0, 0.1) is 11.3 Å². The molecule has 2 N–H and O–H groups in total. The molecule has 1 aliphatic rings. The molecule has 6 heterocycles. The molecule has 0 radical (unpaired) electrons. The van der Waals surface area contributed by atoms with E-state index in [0.29, 0.717) is 40.8 Å². The van der Waals surface area contributed by atoms with E-state index in [-0.39, 0.29) is 29.4 Å². The molecule has 13 nitrogen and oxygen atoms in total. The Morgan fingerprint density at radius 3 is 2.79 bits per heavy atom. The number of nitrogens with zero attached hydrogens (tertiary/aromatic N) is 9. The zero-order valence-electron chi connectivity index (χ0n) is 21.3. The van der Waals surface area contributed by atoms with Gasteiger partial charge in [0, 0.05) is 36.6 Å². The maximum Gasteiger partial charge on any atom is 0.210 e. The highest BCUT2D eigenvalue weighted by Gasteiger charge is 2.33. The summed E-state index contributed by atoms with van der Waals surface area (Å²) in [7, 11) is 1.79. The number of aryl methyl sites for hydroxylation is 1. The second kappa shape index (κ2) is 8.79. The molecule has 5 aromatic rings. The Morgan fingerprint density at radius 2 is 2.05 bits per heavy atom. The highest BCUT2D eigenvalue weighted by atomic mass is 16.5. The number of ether oxygens (including phenoxy) is 2. The summed E-state index contributed by atoms with van der Waals surface area (Å²) in [6, 6.07) is 3.90. The normalized spacial score (nSPS) is 17.8. The maximum atomic E-state index is 10.4. The molecule has 38 heavy (non-hydrogen) atoms. The summed E-state index contributed by atoms with van der Waals surface area (Å²) in [6.07, 6.45) is 7.37. The standard InChI is InChI=1S/C25H26N10O3/c1-25(2,3)20-7-21(32-35(20)16-12-37-13-17(16)36)30-24-31-23-22(33(24)4)14(8-26)18(10-28-23)38-19-11-29-34-6-5-27-9-15(19)34/h5-7,9-11,16-17,36H,12-13H2,1-4H3,(H,28,30,31,32). The van der Waals surface area contributed by atoms with Gasteiger partial charge in [0.1, 0.15) is 34.8 Å². The largest absolute Gasteiger partial charge is 0.450 e. The van der Waals surface area contributed by atoms with E-state index in [1.807, 2.05) is 10.7 Å². The summed E-state index contributed by atoms with van der Waals surface area (Å²) >= 11 is 0. The molecule has 1 fully saturated rings. The summed E-state index contributed by atoms with van der Waals surface area (Å²) in [5, 5.41) is 32.7. The molecular weight excluding hydrogens is 488 g/mol. The van der Waals surface area contributed by atoms with Crippen molar-refractivity contribution in [3.05, 3.63) is 48.3 Å². The van der Waals surface area contributed by atoms with Crippen molar-refractivity contribution in [3.8, 4) is 17.6 Å². The van der Waals surface area contributed by atoms with E-state index in [4.69, 9.17) is 14.6 Å². The predicted molar refractivity (Wildman–Crippen MR) is 136 cm³/mol. The number of aliphatic hydroxyl groups is 1. The average Bonchev–Trinajstić information content (AvgIpc) is 3.66. The lowest BCUT2D eigenvalue weighted by Gasteiger charge is -2.24. The van der Waals surface area contributed by atoms with Crippen molar-refractivity contribution in [2.24, 2.45) is 7.05 Å². The van der Waals surface area contributed by atoms with Crippen molar-refractivity contribution < 1.29 is 14.6 Å². The van der Waals surface area contributed by atoms with Gasteiger partial charge in [-0.05, 0) is 0 Å². The van der Waals surface area contributed by atoms with Gasteiger partial charge in [0.05, 0.1) is 31.8 Å². The van der Waals surface area contributed by atoms with Gasteiger partial charge in [-0.25, -0.2) is 9.50 Å². The van der Waals surface area contributed by atoms with Gasteiger partial charge in [-0.2, -0.15) is 20.4 Å². The van der Waals surface area contributed by atoms with Crippen LogP contribution >= 0.6 is 0 Å². The monoisotopic (exact) mass is 514 g/mol. The Bertz CT molecular complexity index is 1700. The van der Waals surface area contributed by atoms with Crippen LogP contribution in [0.2, 0.25) is 0 Å². The molecule has 2 atom stereocenters.